The first kappa shape index (κ1) is 15.5. The van der Waals surface area contributed by atoms with Gasteiger partial charge in [0.15, 0.2) is 5.60 Å². The molecule has 0 aromatic heterocycles. The first-order valence-electron chi connectivity index (χ1n) is 6.86. The molecule has 0 amide bonds. The summed E-state index contributed by atoms with van der Waals surface area (Å²) in [6, 6.07) is 0. The third-order valence-electron chi connectivity index (χ3n) is 4.74. The molecular weight excluding hydrogens is 370 g/mol. The molecule has 7 heteroatoms. The molecule has 1 aliphatic heterocycles. The summed E-state index contributed by atoms with van der Waals surface area (Å²) in [5, 5.41) is 1.23. The van der Waals surface area contributed by atoms with Crippen LogP contribution >= 0.6 is 46.4 Å². The number of benzene rings is 1. The molecule has 1 saturated heterocycles. The van der Waals surface area contributed by atoms with Crippen LogP contribution in [0.4, 0.5) is 0 Å². The van der Waals surface area contributed by atoms with E-state index in [1.54, 1.807) is 7.11 Å². The predicted octanol–water partition coefficient (Wildman–Crippen LogP) is 4.94. The number of rotatable bonds is 1. The van der Waals surface area contributed by atoms with Gasteiger partial charge in [0, 0.05) is 25.0 Å². The minimum atomic E-state index is -0.984. The highest BCUT2D eigenvalue weighted by Crippen LogP contribution is 2.62. The zero-order valence-corrected chi connectivity index (χ0v) is 14.6. The van der Waals surface area contributed by atoms with Gasteiger partial charge in [0.05, 0.1) is 33.3 Å². The monoisotopic (exact) mass is 380 g/mol. The minimum absolute atomic E-state index is 0.00936. The zero-order valence-electron chi connectivity index (χ0n) is 11.6. The summed E-state index contributed by atoms with van der Waals surface area (Å²) in [5.41, 5.74) is 0.551. The predicted molar refractivity (Wildman–Crippen MR) is 86.3 cm³/mol. The van der Waals surface area contributed by atoms with Crippen molar-refractivity contribution in [3.05, 3.63) is 43.4 Å². The van der Waals surface area contributed by atoms with E-state index < -0.39 is 11.4 Å². The first-order valence-corrected chi connectivity index (χ1v) is 8.37. The number of hydrogen-bond acceptors (Lipinski definition) is 3. The molecule has 1 spiro atoms. The van der Waals surface area contributed by atoms with E-state index in [1.807, 2.05) is 12.2 Å². The van der Waals surface area contributed by atoms with E-state index in [4.69, 9.17) is 60.6 Å². The Hall–Kier alpha value is -0.000000000000000111. The lowest BCUT2D eigenvalue weighted by atomic mass is 9.64. The SMILES string of the molecule is CO[C@@]12C=C[C@@H](CC13OCCO3)c1c(Cl)c(Cl)c(Cl)c(Cl)c12. The largest absolute Gasteiger partial charge is 0.364 e. The standard InChI is InChI=1S/C15H12Cl4O3/c1-20-14-3-2-7(6-15(14)21-4-5-22-15)8-9(14)11(17)13(19)12(18)10(8)16/h2-3,7H,4-6H2,1H3/t7-,14+/m0/s1. The summed E-state index contributed by atoms with van der Waals surface area (Å²) in [6.45, 7) is 1.02. The van der Waals surface area contributed by atoms with Crippen LogP contribution in [0, 0.1) is 0 Å². The molecule has 2 atom stereocenters. The molecule has 0 unspecified atom stereocenters. The molecule has 118 valence electrons. The van der Waals surface area contributed by atoms with Crippen molar-refractivity contribution in [2.24, 2.45) is 0 Å². The van der Waals surface area contributed by atoms with Crippen molar-refractivity contribution in [1.29, 1.82) is 0 Å². The van der Waals surface area contributed by atoms with Crippen LogP contribution in [0.2, 0.25) is 20.1 Å². The van der Waals surface area contributed by atoms with Crippen molar-refractivity contribution in [2.45, 2.75) is 23.7 Å². The number of methoxy groups -OCH3 is 1. The number of halogens is 4. The highest BCUT2D eigenvalue weighted by molar-refractivity contribution is 6.52. The summed E-state index contributed by atoms with van der Waals surface area (Å²) in [7, 11) is 1.60. The maximum atomic E-state index is 6.51. The normalized spacial score (nSPS) is 31.0. The van der Waals surface area contributed by atoms with Gasteiger partial charge in [-0.2, -0.15) is 0 Å². The third-order valence-corrected chi connectivity index (χ3v) is 6.56. The van der Waals surface area contributed by atoms with Crippen molar-refractivity contribution < 1.29 is 14.2 Å². The van der Waals surface area contributed by atoms with Gasteiger partial charge >= 0.3 is 0 Å². The highest BCUT2D eigenvalue weighted by atomic mass is 35.5. The summed E-state index contributed by atoms with van der Waals surface area (Å²) in [5.74, 6) is -0.914. The van der Waals surface area contributed by atoms with Gasteiger partial charge in [0.1, 0.15) is 0 Å². The summed E-state index contributed by atoms with van der Waals surface area (Å²) >= 11 is 25.4. The molecule has 1 fully saturated rings. The summed E-state index contributed by atoms with van der Waals surface area (Å²) in [6.07, 6.45) is 4.56. The van der Waals surface area contributed by atoms with Gasteiger partial charge in [-0.25, -0.2) is 0 Å². The van der Waals surface area contributed by atoms with Crippen LogP contribution in [0.5, 0.6) is 0 Å². The second-order valence-corrected chi connectivity index (χ2v) is 7.12. The fourth-order valence-corrected chi connectivity index (χ4v) is 4.98. The Bertz CT molecular complexity index is 697. The Morgan fingerprint density at radius 2 is 1.68 bits per heavy atom. The minimum Gasteiger partial charge on any atom is -0.364 e. The fourth-order valence-electron chi connectivity index (χ4n) is 3.83. The van der Waals surface area contributed by atoms with Crippen molar-refractivity contribution >= 4 is 46.4 Å². The summed E-state index contributed by atoms with van der Waals surface area (Å²) in [4.78, 5) is 0. The molecule has 0 radical (unpaired) electrons. The highest BCUT2D eigenvalue weighted by Gasteiger charge is 2.64. The number of ether oxygens (including phenoxy) is 3. The van der Waals surface area contributed by atoms with E-state index in [-0.39, 0.29) is 16.0 Å². The Morgan fingerprint density at radius 3 is 2.32 bits per heavy atom. The lowest BCUT2D eigenvalue weighted by Gasteiger charge is -2.53. The second kappa shape index (κ2) is 5.00. The van der Waals surface area contributed by atoms with Gasteiger partial charge in [-0.05, 0) is 11.6 Å². The maximum absolute atomic E-state index is 6.51. The Labute approximate surface area is 148 Å². The lowest BCUT2D eigenvalue weighted by molar-refractivity contribution is -0.278. The molecule has 3 nitrogen and oxygen atoms in total. The molecule has 5 rings (SSSR count). The average Bonchev–Trinajstić information content (AvgIpc) is 2.99. The molecule has 0 saturated carbocycles. The molecule has 2 bridgehead atoms. The van der Waals surface area contributed by atoms with Crippen molar-refractivity contribution in [1.82, 2.24) is 0 Å². The molecule has 22 heavy (non-hydrogen) atoms. The van der Waals surface area contributed by atoms with Crippen LogP contribution < -0.4 is 0 Å². The summed E-state index contributed by atoms with van der Waals surface area (Å²) < 4.78 is 17.8. The van der Waals surface area contributed by atoms with Gasteiger partial charge in [-0.3, -0.25) is 0 Å². The quantitative estimate of drug-likeness (QED) is 0.391. The molecule has 0 N–H and O–H groups in total. The average molecular weight is 382 g/mol. The smallest absolute Gasteiger partial charge is 0.206 e. The van der Waals surface area contributed by atoms with Crippen LogP contribution in [0.1, 0.15) is 23.5 Å². The topological polar surface area (TPSA) is 27.7 Å². The molecule has 4 aliphatic rings. The lowest BCUT2D eigenvalue weighted by Crippen LogP contribution is -2.58. The van der Waals surface area contributed by atoms with Crippen LogP contribution in [-0.2, 0) is 19.8 Å². The number of hydrogen-bond donors (Lipinski definition) is 0. The Morgan fingerprint density at radius 1 is 1.05 bits per heavy atom. The van der Waals surface area contributed by atoms with Gasteiger partial charge in [-0.15, -0.1) is 0 Å². The van der Waals surface area contributed by atoms with Gasteiger partial charge in [0.25, 0.3) is 0 Å². The van der Waals surface area contributed by atoms with E-state index in [2.05, 4.69) is 0 Å². The fraction of sp³-hybridized carbons (Fsp3) is 0.467. The van der Waals surface area contributed by atoms with Crippen molar-refractivity contribution in [2.75, 3.05) is 20.3 Å². The Balaban J connectivity index is 2.08. The van der Waals surface area contributed by atoms with Gasteiger partial charge in [0.2, 0.25) is 5.79 Å². The van der Waals surface area contributed by atoms with E-state index in [0.717, 1.165) is 5.56 Å². The van der Waals surface area contributed by atoms with Crippen LogP contribution in [0.3, 0.4) is 0 Å². The van der Waals surface area contributed by atoms with E-state index in [9.17, 15) is 0 Å². The Kier molecular flexibility index (Phi) is 3.53. The first-order chi connectivity index (χ1) is 10.5. The van der Waals surface area contributed by atoms with Crippen molar-refractivity contribution in [3.63, 3.8) is 0 Å². The van der Waals surface area contributed by atoms with Crippen LogP contribution in [-0.4, -0.2) is 26.1 Å². The van der Waals surface area contributed by atoms with Gasteiger partial charge in [-0.1, -0.05) is 52.5 Å². The van der Waals surface area contributed by atoms with E-state index in [1.165, 1.54) is 0 Å². The number of allylic oxidation sites excluding steroid dienone is 1. The molecule has 1 aromatic rings. The van der Waals surface area contributed by atoms with Gasteiger partial charge < -0.3 is 14.2 Å². The van der Waals surface area contributed by atoms with E-state index >= 15 is 0 Å². The second-order valence-electron chi connectivity index (χ2n) is 5.60. The third kappa shape index (κ3) is 1.66. The van der Waals surface area contributed by atoms with E-state index in [0.29, 0.717) is 35.2 Å². The molecular formula is C15H12Cl4O3. The zero-order chi connectivity index (χ0) is 15.7. The van der Waals surface area contributed by atoms with Crippen LogP contribution in [0.15, 0.2) is 12.2 Å². The van der Waals surface area contributed by atoms with Crippen molar-refractivity contribution in [3.8, 4) is 0 Å². The molecule has 1 aromatic carbocycles. The van der Waals surface area contributed by atoms with Crippen LogP contribution in [0.25, 0.3) is 0 Å². The molecule has 3 aliphatic carbocycles. The maximum Gasteiger partial charge on any atom is 0.206 e. The molecule has 1 heterocycles.